The lowest BCUT2D eigenvalue weighted by molar-refractivity contribution is 0.139. The maximum absolute atomic E-state index is 5.52. The van der Waals surface area contributed by atoms with Crippen molar-refractivity contribution in [2.24, 2.45) is 10.9 Å². The second-order valence-corrected chi connectivity index (χ2v) is 8.37. The zero-order chi connectivity index (χ0) is 19.3. The molecule has 0 aromatic heterocycles. The lowest BCUT2D eigenvalue weighted by Gasteiger charge is -2.37. The second kappa shape index (κ2) is 9.14. The molecule has 154 valence electrons. The van der Waals surface area contributed by atoms with Gasteiger partial charge in [-0.25, -0.2) is 0 Å². The van der Waals surface area contributed by atoms with Crippen LogP contribution in [0.25, 0.3) is 0 Å². The molecule has 1 aromatic carbocycles. The van der Waals surface area contributed by atoms with Crippen molar-refractivity contribution in [2.45, 2.75) is 25.8 Å². The smallest absolute Gasteiger partial charge is 0.193 e. The molecule has 2 atom stereocenters. The van der Waals surface area contributed by atoms with Crippen molar-refractivity contribution in [3.05, 3.63) is 29.8 Å². The van der Waals surface area contributed by atoms with Gasteiger partial charge in [0.2, 0.25) is 0 Å². The van der Waals surface area contributed by atoms with Gasteiger partial charge in [0.15, 0.2) is 5.96 Å². The van der Waals surface area contributed by atoms with E-state index in [0.29, 0.717) is 6.04 Å². The largest absolute Gasteiger partial charge is 0.381 e. The van der Waals surface area contributed by atoms with Crippen LogP contribution in [0.2, 0.25) is 0 Å². The third-order valence-electron chi connectivity index (χ3n) is 6.41. The monoisotopic (exact) mass is 385 g/mol. The summed E-state index contributed by atoms with van der Waals surface area (Å²) in [6.07, 6.45) is 2.38. The fraction of sp³-hybridized carbons (Fsp3) is 0.682. The molecule has 0 aliphatic carbocycles. The van der Waals surface area contributed by atoms with Crippen LogP contribution in [-0.4, -0.2) is 87.9 Å². The van der Waals surface area contributed by atoms with E-state index < -0.39 is 0 Å². The average Bonchev–Trinajstić information content (AvgIpc) is 3.33. The molecule has 0 amide bonds. The Hall–Kier alpha value is -1.79. The van der Waals surface area contributed by atoms with Crippen LogP contribution in [0.1, 0.15) is 18.9 Å². The van der Waals surface area contributed by atoms with Crippen LogP contribution in [0.4, 0.5) is 5.69 Å². The van der Waals surface area contributed by atoms with Gasteiger partial charge in [-0.1, -0.05) is 18.2 Å². The normalized spacial score (nSPS) is 26.0. The van der Waals surface area contributed by atoms with Crippen LogP contribution in [0.3, 0.4) is 0 Å². The molecule has 3 heterocycles. The minimum Gasteiger partial charge on any atom is -0.381 e. The third kappa shape index (κ3) is 4.44. The minimum absolute atomic E-state index is 0.573. The van der Waals surface area contributed by atoms with Crippen molar-refractivity contribution in [2.75, 3.05) is 71.0 Å². The molecular weight excluding hydrogens is 350 g/mol. The molecule has 6 heteroatoms. The summed E-state index contributed by atoms with van der Waals surface area (Å²) in [4.78, 5) is 12.1. The molecule has 6 nitrogen and oxygen atoms in total. The van der Waals surface area contributed by atoms with Crippen molar-refractivity contribution in [3.63, 3.8) is 0 Å². The summed E-state index contributed by atoms with van der Waals surface area (Å²) in [5, 5.41) is 3.60. The Bertz CT molecular complexity index is 665. The summed E-state index contributed by atoms with van der Waals surface area (Å²) in [6, 6.07) is 9.38. The highest BCUT2D eigenvalue weighted by Gasteiger charge is 2.26. The van der Waals surface area contributed by atoms with Crippen LogP contribution in [-0.2, 0) is 11.2 Å². The molecule has 0 spiro atoms. The number of ether oxygens (including phenoxy) is 1. The molecule has 28 heavy (non-hydrogen) atoms. The molecule has 0 saturated carbocycles. The van der Waals surface area contributed by atoms with Gasteiger partial charge in [-0.3, -0.25) is 9.89 Å². The summed E-state index contributed by atoms with van der Waals surface area (Å²) in [6.45, 7) is 11.7. The highest BCUT2D eigenvalue weighted by Crippen LogP contribution is 2.31. The first-order chi connectivity index (χ1) is 13.7. The van der Waals surface area contributed by atoms with Crippen molar-refractivity contribution in [1.29, 1.82) is 0 Å². The number of rotatable bonds is 5. The van der Waals surface area contributed by atoms with Gasteiger partial charge < -0.3 is 19.9 Å². The van der Waals surface area contributed by atoms with Gasteiger partial charge in [-0.2, -0.15) is 0 Å². The Morgan fingerprint density at radius 3 is 2.79 bits per heavy atom. The highest BCUT2D eigenvalue weighted by atomic mass is 16.5. The SMILES string of the molecule is CN=C(NCCN1c2ccccc2CC1C)N1CCN(CC2CCOC2)CC1. The van der Waals surface area contributed by atoms with Gasteiger partial charge in [0.1, 0.15) is 0 Å². The van der Waals surface area contributed by atoms with E-state index in [-0.39, 0.29) is 0 Å². The lowest BCUT2D eigenvalue weighted by atomic mass is 10.1. The van der Waals surface area contributed by atoms with E-state index in [9.17, 15) is 0 Å². The molecule has 3 aliphatic rings. The molecule has 4 rings (SSSR count). The molecule has 0 radical (unpaired) electrons. The number of piperazine rings is 1. The number of nitrogens with zero attached hydrogens (tertiary/aromatic N) is 4. The van der Waals surface area contributed by atoms with Crippen LogP contribution < -0.4 is 10.2 Å². The van der Waals surface area contributed by atoms with Crippen LogP contribution >= 0.6 is 0 Å². The van der Waals surface area contributed by atoms with Gasteiger partial charge in [0.25, 0.3) is 0 Å². The molecule has 1 aromatic rings. The first-order valence-corrected chi connectivity index (χ1v) is 10.8. The van der Waals surface area contributed by atoms with E-state index in [2.05, 4.69) is 56.2 Å². The standard InChI is InChI=1S/C22H35N5O/c1-18-15-20-5-3-4-6-21(20)27(18)9-8-24-22(23-2)26-12-10-25(11-13-26)16-19-7-14-28-17-19/h3-6,18-19H,7-17H2,1-2H3,(H,23,24). The zero-order valence-electron chi connectivity index (χ0n) is 17.4. The molecule has 2 fully saturated rings. The second-order valence-electron chi connectivity index (χ2n) is 8.37. The van der Waals surface area contributed by atoms with Crippen LogP contribution in [0.5, 0.6) is 0 Å². The summed E-state index contributed by atoms with van der Waals surface area (Å²) in [5.74, 6) is 1.78. The van der Waals surface area contributed by atoms with Crippen molar-refractivity contribution < 1.29 is 4.74 Å². The Morgan fingerprint density at radius 1 is 1.21 bits per heavy atom. The summed E-state index contributed by atoms with van der Waals surface area (Å²) in [7, 11) is 1.90. The van der Waals surface area contributed by atoms with E-state index in [4.69, 9.17) is 4.74 Å². The Morgan fingerprint density at radius 2 is 2.04 bits per heavy atom. The minimum atomic E-state index is 0.573. The maximum Gasteiger partial charge on any atom is 0.193 e. The Balaban J connectivity index is 1.22. The van der Waals surface area contributed by atoms with E-state index in [1.54, 1.807) is 0 Å². The Kier molecular flexibility index (Phi) is 6.37. The van der Waals surface area contributed by atoms with Gasteiger partial charge >= 0.3 is 0 Å². The third-order valence-corrected chi connectivity index (χ3v) is 6.41. The lowest BCUT2D eigenvalue weighted by Crippen LogP contribution is -2.54. The van der Waals surface area contributed by atoms with E-state index in [1.807, 2.05) is 7.05 Å². The number of guanidine groups is 1. The number of hydrogen-bond acceptors (Lipinski definition) is 4. The number of nitrogens with one attached hydrogen (secondary N) is 1. The highest BCUT2D eigenvalue weighted by molar-refractivity contribution is 5.80. The number of fused-ring (bicyclic) bond motifs is 1. The molecular formula is C22H35N5O. The van der Waals surface area contributed by atoms with E-state index in [0.717, 1.165) is 70.8 Å². The average molecular weight is 386 g/mol. The van der Waals surface area contributed by atoms with Gasteiger partial charge in [-0.05, 0) is 37.3 Å². The van der Waals surface area contributed by atoms with Crippen molar-refractivity contribution in [1.82, 2.24) is 15.1 Å². The summed E-state index contributed by atoms with van der Waals surface area (Å²) >= 11 is 0. The number of benzene rings is 1. The van der Waals surface area contributed by atoms with E-state index >= 15 is 0 Å². The fourth-order valence-electron chi connectivity index (χ4n) is 4.83. The zero-order valence-corrected chi connectivity index (χ0v) is 17.4. The maximum atomic E-state index is 5.52. The van der Waals surface area contributed by atoms with Gasteiger partial charge in [0.05, 0.1) is 6.61 Å². The number of anilines is 1. The fourth-order valence-corrected chi connectivity index (χ4v) is 4.83. The molecule has 0 bridgehead atoms. The van der Waals surface area contributed by atoms with Crippen LogP contribution in [0.15, 0.2) is 29.3 Å². The molecule has 1 N–H and O–H groups in total. The van der Waals surface area contributed by atoms with E-state index in [1.165, 1.54) is 24.2 Å². The van der Waals surface area contributed by atoms with Crippen LogP contribution in [0, 0.1) is 5.92 Å². The number of aliphatic imine (C=N–C) groups is 1. The Labute approximate surface area is 169 Å². The predicted octanol–water partition coefficient (Wildman–Crippen LogP) is 1.67. The summed E-state index contributed by atoms with van der Waals surface area (Å²) < 4.78 is 5.52. The molecule has 2 saturated heterocycles. The first-order valence-electron chi connectivity index (χ1n) is 10.8. The van der Waals surface area contributed by atoms with Crippen molar-refractivity contribution in [3.8, 4) is 0 Å². The summed E-state index contributed by atoms with van der Waals surface area (Å²) in [5.41, 5.74) is 2.87. The first kappa shape index (κ1) is 19.5. The topological polar surface area (TPSA) is 43.3 Å². The number of para-hydroxylation sites is 1. The predicted molar refractivity (Wildman–Crippen MR) is 115 cm³/mol. The van der Waals surface area contributed by atoms with Gasteiger partial charge in [-0.15, -0.1) is 0 Å². The quantitative estimate of drug-likeness (QED) is 0.617. The molecule has 2 unspecified atom stereocenters. The number of hydrogen-bond donors (Lipinski definition) is 1. The van der Waals surface area contributed by atoms with Crippen molar-refractivity contribution >= 4 is 11.6 Å². The van der Waals surface area contributed by atoms with Gasteiger partial charge in [0, 0.05) is 71.2 Å². The molecule has 3 aliphatic heterocycles.